The molecule has 4 aromatic rings. The lowest BCUT2D eigenvalue weighted by atomic mass is 10.0. The van der Waals surface area contributed by atoms with Crippen LogP contribution >= 0.6 is 23.2 Å². The number of nitrogens with zero attached hydrogens (tertiary/aromatic N) is 2. The molecule has 0 unspecified atom stereocenters. The van der Waals surface area contributed by atoms with Crippen molar-refractivity contribution in [2.24, 2.45) is 5.10 Å². The predicted octanol–water partition coefficient (Wildman–Crippen LogP) is 5.97. The van der Waals surface area contributed by atoms with Gasteiger partial charge in [-0.3, -0.25) is 4.79 Å². The van der Waals surface area contributed by atoms with Gasteiger partial charge in [-0.15, -0.1) is 0 Å². The predicted molar refractivity (Wildman–Crippen MR) is 119 cm³/mol. The number of pyridine rings is 1. The Morgan fingerprint density at radius 2 is 1.66 bits per heavy atom. The molecular weight excluding hydrogens is 405 g/mol. The van der Waals surface area contributed by atoms with Gasteiger partial charge in [0.2, 0.25) is 0 Å². The second kappa shape index (κ2) is 8.43. The molecule has 0 fully saturated rings. The highest BCUT2D eigenvalue weighted by atomic mass is 35.5. The Labute approximate surface area is 177 Å². The Morgan fingerprint density at radius 3 is 2.45 bits per heavy atom. The minimum Gasteiger partial charge on any atom is -0.267 e. The van der Waals surface area contributed by atoms with Gasteiger partial charge in [0.05, 0.1) is 23.0 Å². The number of hydrogen-bond donors (Lipinski definition) is 1. The average molecular weight is 420 g/mol. The van der Waals surface area contributed by atoms with Crippen molar-refractivity contribution >= 4 is 46.2 Å². The number of carbonyl (C=O) groups excluding carboxylic acids is 1. The maximum absolute atomic E-state index is 12.9. The minimum absolute atomic E-state index is 0.331. The SMILES string of the molecule is O=C(NN=Cc1ccccc1Cl)c1cc(-c2ccc(Cl)cc2)nc2ccccc12. The van der Waals surface area contributed by atoms with Crippen molar-refractivity contribution in [2.45, 2.75) is 0 Å². The highest BCUT2D eigenvalue weighted by Crippen LogP contribution is 2.26. The summed E-state index contributed by atoms with van der Waals surface area (Å²) in [7, 11) is 0. The number of benzene rings is 3. The molecule has 1 N–H and O–H groups in total. The summed E-state index contributed by atoms with van der Waals surface area (Å²) < 4.78 is 0. The molecule has 4 nitrogen and oxygen atoms in total. The van der Waals surface area contributed by atoms with Crippen molar-refractivity contribution in [1.29, 1.82) is 0 Å². The summed E-state index contributed by atoms with van der Waals surface area (Å²) >= 11 is 12.1. The molecule has 3 aromatic carbocycles. The molecule has 0 saturated heterocycles. The topological polar surface area (TPSA) is 54.4 Å². The van der Waals surface area contributed by atoms with Crippen molar-refractivity contribution in [3.05, 3.63) is 100 Å². The smallest absolute Gasteiger partial charge is 0.267 e. The molecule has 0 spiro atoms. The second-order valence-corrected chi connectivity index (χ2v) is 7.14. The molecule has 0 aliphatic rings. The van der Waals surface area contributed by atoms with Gasteiger partial charge in [0.15, 0.2) is 0 Å². The van der Waals surface area contributed by atoms with E-state index < -0.39 is 0 Å². The standard InChI is InChI=1S/C23H15Cl2N3O/c24-17-11-9-15(10-12-17)22-13-19(18-6-2-4-8-21(18)27-22)23(29)28-26-14-16-5-1-3-7-20(16)25/h1-14H,(H,28,29). The maximum atomic E-state index is 12.9. The van der Waals surface area contributed by atoms with Crippen molar-refractivity contribution in [3.8, 4) is 11.3 Å². The third-order valence-corrected chi connectivity index (χ3v) is 4.97. The summed E-state index contributed by atoms with van der Waals surface area (Å²) in [6.45, 7) is 0. The Hall–Kier alpha value is -3.21. The highest BCUT2D eigenvalue weighted by Gasteiger charge is 2.13. The summed E-state index contributed by atoms with van der Waals surface area (Å²) in [5, 5.41) is 6.00. The minimum atomic E-state index is -0.331. The molecule has 0 atom stereocenters. The van der Waals surface area contributed by atoms with Gasteiger partial charge in [-0.2, -0.15) is 5.10 Å². The number of hydrogen-bond acceptors (Lipinski definition) is 3. The molecule has 0 radical (unpaired) electrons. The molecule has 142 valence electrons. The molecular formula is C23H15Cl2N3O. The number of rotatable bonds is 4. The zero-order chi connectivity index (χ0) is 20.2. The van der Waals surface area contributed by atoms with E-state index in [4.69, 9.17) is 23.2 Å². The fourth-order valence-electron chi connectivity index (χ4n) is 2.93. The first kappa shape index (κ1) is 19.1. The molecule has 29 heavy (non-hydrogen) atoms. The second-order valence-electron chi connectivity index (χ2n) is 6.30. The summed E-state index contributed by atoms with van der Waals surface area (Å²) in [5.41, 5.74) is 6.05. The van der Waals surface area contributed by atoms with Crippen LogP contribution in [0.1, 0.15) is 15.9 Å². The van der Waals surface area contributed by atoms with Crippen LogP contribution in [0.25, 0.3) is 22.2 Å². The number of fused-ring (bicyclic) bond motifs is 1. The number of amides is 1. The van der Waals surface area contributed by atoms with Gasteiger partial charge in [0, 0.05) is 26.6 Å². The number of para-hydroxylation sites is 1. The lowest BCUT2D eigenvalue weighted by Gasteiger charge is -2.09. The van der Waals surface area contributed by atoms with Gasteiger partial charge >= 0.3 is 0 Å². The highest BCUT2D eigenvalue weighted by molar-refractivity contribution is 6.33. The van der Waals surface area contributed by atoms with Crippen molar-refractivity contribution < 1.29 is 4.79 Å². The summed E-state index contributed by atoms with van der Waals surface area (Å²) in [6, 6.07) is 23.8. The van der Waals surface area contributed by atoms with E-state index >= 15 is 0 Å². The van der Waals surface area contributed by atoms with E-state index in [-0.39, 0.29) is 5.91 Å². The largest absolute Gasteiger partial charge is 0.272 e. The van der Waals surface area contributed by atoms with Crippen LogP contribution in [0, 0.1) is 0 Å². The van der Waals surface area contributed by atoms with Crippen LogP contribution < -0.4 is 5.43 Å². The Bertz CT molecular complexity index is 1220. The first-order chi connectivity index (χ1) is 14.1. The number of carbonyl (C=O) groups is 1. The van der Waals surface area contributed by atoms with Crippen LogP contribution in [0.5, 0.6) is 0 Å². The molecule has 1 heterocycles. The first-order valence-corrected chi connectivity index (χ1v) is 9.61. The molecule has 0 aliphatic heterocycles. The number of hydrazone groups is 1. The fourth-order valence-corrected chi connectivity index (χ4v) is 3.24. The number of nitrogens with one attached hydrogen (secondary N) is 1. The average Bonchev–Trinajstić information content (AvgIpc) is 2.74. The first-order valence-electron chi connectivity index (χ1n) is 8.85. The quantitative estimate of drug-likeness (QED) is 0.327. The van der Waals surface area contributed by atoms with E-state index in [1.165, 1.54) is 6.21 Å². The Morgan fingerprint density at radius 1 is 0.931 bits per heavy atom. The molecule has 1 amide bonds. The van der Waals surface area contributed by atoms with Crippen molar-refractivity contribution in [3.63, 3.8) is 0 Å². The van der Waals surface area contributed by atoms with E-state index in [1.54, 1.807) is 24.3 Å². The maximum Gasteiger partial charge on any atom is 0.272 e. The van der Waals surface area contributed by atoms with Crippen LogP contribution in [-0.4, -0.2) is 17.1 Å². The number of aromatic nitrogens is 1. The summed E-state index contributed by atoms with van der Waals surface area (Å²) in [5.74, 6) is -0.331. The van der Waals surface area contributed by atoms with E-state index in [0.29, 0.717) is 21.3 Å². The van der Waals surface area contributed by atoms with Crippen LogP contribution in [0.3, 0.4) is 0 Å². The molecule has 1 aromatic heterocycles. The van der Waals surface area contributed by atoms with Gasteiger partial charge < -0.3 is 0 Å². The lowest BCUT2D eigenvalue weighted by Crippen LogP contribution is -2.18. The van der Waals surface area contributed by atoms with Gasteiger partial charge in [-0.25, -0.2) is 10.4 Å². The third-order valence-electron chi connectivity index (χ3n) is 4.38. The Balaban J connectivity index is 1.69. The van der Waals surface area contributed by atoms with Crippen LogP contribution in [-0.2, 0) is 0 Å². The van der Waals surface area contributed by atoms with Crippen LogP contribution in [0.15, 0.2) is 84.0 Å². The molecule has 0 bridgehead atoms. The summed E-state index contributed by atoms with van der Waals surface area (Å²) in [4.78, 5) is 17.5. The monoisotopic (exact) mass is 419 g/mol. The fraction of sp³-hybridized carbons (Fsp3) is 0. The van der Waals surface area contributed by atoms with E-state index in [2.05, 4.69) is 15.5 Å². The molecule has 0 saturated carbocycles. The van der Waals surface area contributed by atoms with E-state index in [0.717, 1.165) is 22.0 Å². The van der Waals surface area contributed by atoms with Crippen molar-refractivity contribution in [2.75, 3.05) is 0 Å². The van der Waals surface area contributed by atoms with Gasteiger partial charge in [0.25, 0.3) is 5.91 Å². The third kappa shape index (κ3) is 4.29. The number of halogens is 2. The molecule has 0 aliphatic carbocycles. The zero-order valence-electron chi connectivity index (χ0n) is 15.1. The zero-order valence-corrected chi connectivity index (χ0v) is 16.7. The van der Waals surface area contributed by atoms with E-state index in [1.807, 2.05) is 54.6 Å². The van der Waals surface area contributed by atoms with E-state index in [9.17, 15) is 4.79 Å². The molecule has 6 heteroatoms. The molecule has 4 rings (SSSR count). The van der Waals surface area contributed by atoms with Gasteiger partial charge in [-0.1, -0.05) is 71.7 Å². The Kier molecular flexibility index (Phi) is 5.56. The van der Waals surface area contributed by atoms with Crippen molar-refractivity contribution in [1.82, 2.24) is 10.4 Å². The summed E-state index contributed by atoms with van der Waals surface area (Å²) in [6.07, 6.45) is 1.52. The normalized spacial score (nSPS) is 11.1. The van der Waals surface area contributed by atoms with Crippen LogP contribution in [0.4, 0.5) is 0 Å². The van der Waals surface area contributed by atoms with Crippen LogP contribution in [0.2, 0.25) is 10.0 Å². The van der Waals surface area contributed by atoms with Gasteiger partial charge in [0.1, 0.15) is 0 Å². The van der Waals surface area contributed by atoms with Gasteiger partial charge in [-0.05, 0) is 30.3 Å². The lowest BCUT2D eigenvalue weighted by molar-refractivity contribution is 0.0956.